The molecule has 0 amide bonds. The van der Waals surface area contributed by atoms with E-state index in [1.54, 1.807) is 6.92 Å². The Morgan fingerprint density at radius 3 is 2.30 bits per heavy atom. The van der Waals surface area contributed by atoms with Gasteiger partial charge in [-0.1, -0.05) is 0 Å². The summed E-state index contributed by atoms with van der Waals surface area (Å²) in [5, 5.41) is 9.39. The van der Waals surface area contributed by atoms with Gasteiger partial charge < -0.3 is 14.4 Å². The summed E-state index contributed by atoms with van der Waals surface area (Å²) in [4.78, 5) is 4.34. The molecular weight excluding hydrogens is 260 g/mol. The summed E-state index contributed by atoms with van der Waals surface area (Å²) < 4.78 is 25.4. The predicted octanol–water partition coefficient (Wildman–Crippen LogP) is 1.44. The minimum absolute atomic E-state index is 0.296. The van der Waals surface area contributed by atoms with E-state index in [-0.39, 0.29) is 0 Å². The first kappa shape index (κ1) is 15.4. The fraction of sp³-hybridized carbons (Fsp3) is 0.643. The van der Waals surface area contributed by atoms with Gasteiger partial charge in [0.25, 0.3) is 0 Å². The molecule has 20 heavy (non-hydrogen) atoms. The molecule has 0 spiro atoms. The van der Waals surface area contributed by atoms with Crippen molar-refractivity contribution < 1.29 is 18.8 Å². The molecule has 1 aliphatic heterocycles. The van der Waals surface area contributed by atoms with Crippen LogP contribution in [0.15, 0.2) is 12.1 Å². The standard InChI is InChI=1S/C14H21BFNO3/c1-9(18)6-11-7-10(16)8-12(17-11)15-19-13(2,3)14(4,5)20-15/h7-9,18H,6H2,1-5H3. The molecule has 4 nitrogen and oxygen atoms in total. The number of rotatable bonds is 3. The highest BCUT2D eigenvalue weighted by Crippen LogP contribution is 2.36. The highest BCUT2D eigenvalue weighted by molar-refractivity contribution is 6.61. The summed E-state index contributed by atoms with van der Waals surface area (Å²) in [6.45, 7) is 9.37. The maximum absolute atomic E-state index is 13.7. The Hall–Kier alpha value is -0.975. The van der Waals surface area contributed by atoms with Crippen molar-refractivity contribution in [1.82, 2.24) is 4.98 Å². The van der Waals surface area contributed by atoms with Crippen molar-refractivity contribution in [2.24, 2.45) is 0 Å². The van der Waals surface area contributed by atoms with Crippen molar-refractivity contribution in [1.29, 1.82) is 0 Å². The van der Waals surface area contributed by atoms with E-state index in [9.17, 15) is 9.50 Å². The van der Waals surface area contributed by atoms with Crippen molar-refractivity contribution >= 4 is 12.7 Å². The molecule has 1 N–H and O–H groups in total. The number of aliphatic hydroxyl groups excluding tert-OH is 1. The first-order chi connectivity index (χ1) is 9.10. The number of hydrogen-bond donors (Lipinski definition) is 1. The number of nitrogens with zero attached hydrogens (tertiary/aromatic N) is 1. The van der Waals surface area contributed by atoms with E-state index in [1.165, 1.54) is 12.1 Å². The minimum Gasteiger partial charge on any atom is -0.398 e. The third-order valence-corrected chi connectivity index (χ3v) is 3.86. The Morgan fingerprint density at radius 1 is 1.25 bits per heavy atom. The Labute approximate surface area is 119 Å². The van der Waals surface area contributed by atoms with Crippen LogP contribution in [-0.2, 0) is 15.7 Å². The number of aromatic nitrogens is 1. The monoisotopic (exact) mass is 281 g/mol. The van der Waals surface area contributed by atoms with E-state index >= 15 is 0 Å². The third-order valence-electron chi connectivity index (χ3n) is 3.86. The van der Waals surface area contributed by atoms with Crippen LogP contribution in [-0.4, -0.2) is 34.5 Å². The van der Waals surface area contributed by atoms with E-state index in [4.69, 9.17) is 9.31 Å². The number of halogens is 1. The molecule has 110 valence electrons. The molecule has 2 heterocycles. The van der Waals surface area contributed by atoms with Gasteiger partial charge >= 0.3 is 7.12 Å². The lowest BCUT2D eigenvalue weighted by molar-refractivity contribution is 0.00578. The molecule has 0 bridgehead atoms. The van der Waals surface area contributed by atoms with Gasteiger partial charge in [-0.2, -0.15) is 0 Å². The van der Waals surface area contributed by atoms with Crippen LogP contribution in [0, 0.1) is 5.82 Å². The second-order valence-corrected chi connectivity index (χ2v) is 6.34. The highest BCUT2D eigenvalue weighted by atomic mass is 19.1. The molecule has 0 aliphatic carbocycles. The minimum atomic E-state index is -0.691. The van der Waals surface area contributed by atoms with Gasteiger partial charge in [-0.05, 0) is 46.8 Å². The Morgan fingerprint density at radius 2 is 1.80 bits per heavy atom. The van der Waals surface area contributed by atoms with Crippen LogP contribution >= 0.6 is 0 Å². The molecule has 0 aromatic carbocycles. The summed E-state index contributed by atoms with van der Waals surface area (Å²) >= 11 is 0. The van der Waals surface area contributed by atoms with E-state index in [0.29, 0.717) is 17.7 Å². The summed E-state index contributed by atoms with van der Waals surface area (Å²) in [6.07, 6.45) is -0.278. The molecule has 0 radical (unpaired) electrons. The van der Waals surface area contributed by atoms with Gasteiger partial charge in [0, 0.05) is 12.1 Å². The lowest BCUT2D eigenvalue weighted by Gasteiger charge is -2.32. The number of aliphatic hydroxyl groups is 1. The highest BCUT2D eigenvalue weighted by Gasteiger charge is 2.52. The Bertz CT molecular complexity index is 489. The third kappa shape index (κ3) is 3.02. The van der Waals surface area contributed by atoms with Crippen LogP contribution in [0.1, 0.15) is 40.3 Å². The first-order valence-electron chi connectivity index (χ1n) is 6.81. The molecule has 1 aliphatic rings. The van der Waals surface area contributed by atoms with Gasteiger partial charge in [0.05, 0.1) is 22.9 Å². The fourth-order valence-electron chi connectivity index (χ4n) is 2.06. The van der Waals surface area contributed by atoms with Crippen LogP contribution in [0.3, 0.4) is 0 Å². The van der Waals surface area contributed by atoms with Crippen LogP contribution in [0.25, 0.3) is 0 Å². The molecular formula is C14H21BFNO3. The molecule has 1 aromatic heterocycles. The van der Waals surface area contributed by atoms with Gasteiger partial charge in [0.15, 0.2) is 0 Å². The average molecular weight is 281 g/mol. The molecule has 1 saturated heterocycles. The summed E-state index contributed by atoms with van der Waals surface area (Å²) in [6, 6.07) is 2.63. The molecule has 1 atom stereocenters. The van der Waals surface area contributed by atoms with Gasteiger partial charge in [0.2, 0.25) is 0 Å². The van der Waals surface area contributed by atoms with Gasteiger partial charge in [-0.15, -0.1) is 0 Å². The quantitative estimate of drug-likeness (QED) is 0.852. The van der Waals surface area contributed by atoms with Crippen molar-refractivity contribution in [3.8, 4) is 0 Å². The maximum atomic E-state index is 13.7. The molecule has 2 rings (SSSR count). The SMILES string of the molecule is CC(O)Cc1cc(F)cc(B2OC(C)(C)C(C)(C)O2)n1. The van der Waals surface area contributed by atoms with Crippen molar-refractivity contribution in [3.63, 3.8) is 0 Å². The molecule has 1 unspecified atom stereocenters. The van der Waals surface area contributed by atoms with E-state index in [0.717, 1.165) is 0 Å². The van der Waals surface area contributed by atoms with Crippen molar-refractivity contribution in [2.75, 3.05) is 0 Å². The van der Waals surface area contributed by atoms with Gasteiger partial charge in [-0.3, -0.25) is 4.98 Å². The van der Waals surface area contributed by atoms with Crippen LogP contribution in [0.4, 0.5) is 4.39 Å². The number of hydrogen-bond acceptors (Lipinski definition) is 4. The zero-order valence-corrected chi connectivity index (χ0v) is 12.6. The zero-order chi connectivity index (χ0) is 15.1. The molecule has 6 heteroatoms. The predicted molar refractivity (Wildman–Crippen MR) is 75.3 cm³/mol. The number of pyridine rings is 1. The lowest BCUT2D eigenvalue weighted by Crippen LogP contribution is -2.41. The van der Waals surface area contributed by atoms with E-state index < -0.39 is 30.2 Å². The summed E-state index contributed by atoms with van der Waals surface area (Å²) in [7, 11) is -0.691. The largest absolute Gasteiger partial charge is 0.514 e. The van der Waals surface area contributed by atoms with Crippen LogP contribution < -0.4 is 5.59 Å². The summed E-state index contributed by atoms with van der Waals surface area (Å²) in [5.74, 6) is -0.402. The van der Waals surface area contributed by atoms with Gasteiger partial charge in [0.1, 0.15) is 5.82 Å². The van der Waals surface area contributed by atoms with E-state index in [2.05, 4.69) is 4.98 Å². The zero-order valence-electron chi connectivity index (χ0n) is 12.6. The molecule has 0 saturated carbocycles. The Balaban J connectivity index is 2.28. The average Bonchev–Trinajstić information content (AvgIpc) is 2.46. The van der Waals surface area contributed by atoms with E-state index in [1.807, 2.05) is 27.7 Å². The van der Waals surface area contributed by atoms with Crippen LogP contribution in [0.2, 0.25) is 0 Å². The first-order valence-corrected chi connectivity index (χ1v) is 6.81. The fourth-order valence-corrected chi connectivity index (χ4v) is 2.06. The Kier molecular flexibility index (Phi) is 3.93. The molecule has 1 fully saturated rings. The van der Waals surface area contributed by atoms with Crippen molar-refractivity contribution in [2.45, 2.75) is 58.3 Å². The smallest absolute Gasteiger partial charge is 0.398 e. The normalized spacial score (nSPS) is 22.1. The lowest BCUT2D eigenvalue weighted by atomic mass is 9.84. The topological polar surface area (TPSA) is 51.6 Å². The van der Waals surface area contributed by atoms with Crippen molar-refractivity contribution in [3.05, 3.63) is 23.6 Å². The second kappa shape index (κ2) is 5.09. The second-order valence-electron chi connectivity index (χ2n) is 6.34. The van der Waals surface area contributed by atoms with Gasteiger partial charge in [-0.25, -0.2) is 4.39 Å². The van der Waals surface area contributed by atoms with Crippen LogP contribution in [0.5, 0.6) is 0 Å². The molecule has 1 aromatic rings. The maximum Gasteiger partial charge on any atom is 0.514 e. The summed E-state index contributed by atoms with van der Waals surface area (Å²) in [5.41, 5.74) is -0.0874.